The van der Waals surface area contributed by atoms with Crippen molar-refractivity contribution in [3.05, 3.63) is 108 Å². The van der Waals surface area contributed by atoms with Gasteiger partial charge < -0.3 is 15.9 Å². The summed E-state index contributed by atoms with van der Waals surface area (Å²) in [5.41, 5.74) is 5.10. The van der Waals surface area contributed by atoms with Gasteiger partial charge in [-0.2, -0.15) is 0 Å². The highest BCUT2D eigenvalue weighted by atomic mass is 16.4. The first-order valence-corrected chi connectivity index (χ1v) is 9.79. The third-order valence-corrected chi connectivity index (χ3v) is 5.61. The molecule has 31 heavy (non-hydrogen) atoms. The fraction of sp³-hybridized carbons (Fsp3) is 0.160. The van der Waals surface area contributed by atoms with Gasteiger partial charge in [0.05, 0.1) is 12.3 Å². The zero-order valence-electron chi connectivity index (χ0n) is 16.7. The van der Waals surface area contributed by atoms with Gasteiger partial charge >= 0.3 is 11.9 Å². The van der Waals surface area contributed by atoms with E-state index in [2.05, 4.69) is 0 Å². The molecule has 0 spiro atoms. The van der Waals surface area contributed by atoms with Crippen LogP contribution < -0.4 is 5.73 Å². The summed E-state index contributed by atoms with van der Waals surface area (Å²) in [6, 6.07) is 25.2. The average molecular weight is 417 g/mol. The van der Waals surface area contributed by atoms with Crippen molar-refractivity contribution in [2.24, 2.45) is 5.73 Å². The molecule has 0 saturated carbocycles. The Morgan fingerprint density at radius 2 is 1.19 bits per heavy atom. The summed E-state index contributed by atoms with van der Waals surface area (Å²) in [5.74, 6) is -5.71. The van der Waals surface area contributed by atoms with Crippen molar-refractivity contribution in [2.75, 3.05) is 0 Å². The van der Waals surface area contributed by atoms with Gasteiger partial charge in [-0.1, -0.05) is 91.0 Å². The normalized spacial score (nSPS) is 14.7. The highest BCUT2D eigenvalue weighted by molar-refractivity contribution is 5.96. The Kier molecular flexibility index (Phi) is 6.50. The van der Waals surface area contributed by atoms with E-state index >= 15 is 0 Å². The molecule has 1 amide bonds. The van der Waals surface area contributed by atoms with Gasteiger partial charge in [0, 0.05) is 5.92 Å². The smallest absolute Gasteiger partial charge is 0.315 e. The molecule has 4 N–H and O–H groups in total. The van der Waals surface area contributed by atoms with Crippen molar-refractivity contribution in [3.8, 4) is 0 Å². The lowest BCUT2D eigenvalue weighted by molar-refractivity contribution is -0.150. The number of hydrogen-bond acceptors (Lipinski definition) is 3. The van der Waals surface area contributed by atoms with Crippen LogP contribution in [0.3, 0.4) is 0 Å². The number of aliphatic carboxylic acids is 2. The Balaban J connectivity index is 2.43. The molecule has 0 radical (unpaired) electrons. The van der Waals surface area contributed by atoms with Crippen molar-refractivity contribution in [3.63, 3.8) is 0 Å². The number of primary amides is 1. The number of rotatable bonds is 9. The first-order valence-electron chi connectivity index (χ1n) is 9.79. The fourth-order valence-electron chi connectivity index (χ4n) is 4.38. The van der Waals surface area contributed by atoms with Gasteiger partial charge in [0.25, 0.3) is 0 Å². The molecular formula is C25H23NO5. The number of carboxylic acid groups (broad SMARTS) is 2. The van der Waals surface area contributed by atoms with E-state index in [1.807, 2.05) is 0 Å². The van der Waals surface area contributed by atoms with E-state index in [1.165, 1.54) is 0 Å². The monoisotopic (exact) mass is 417 g/mol. The van der Waals surface area contributed by atoms with Crippen LogP contribution in [0.25, 0.3) is 0 Å². The average Bonchev–Trinajstić information content (AvgIpc) is 2.77. The van der Waals surface area contributed by atoms with Gasteiger partial charge in [-0.3, -0.25) is 14.4 Å². The van der Waals surface area contributed by atoms with Crippen molar-refractivity contribution in [2.45, 2.75) is 23.7 Å². The van der Waals surface area contributed by atoms with Crippen molar-refractivity contribution >= 4 is 17.8 Å². The maximum atomic E-state index is 13.1. The van der Waals surface area contributed by atoms with Gasteiger partial charge in [-0.25, -0.2) is 0 Å². The number of benzene rings is 3. The van der Waals surface area contributed by atoms with E-state index in [0.717, 1.165) is 0 Å². The molecule has 3 atom stereocenters. The highest BCUT2D eigenvalue weighted by Gasteiger charge is 2.57. The molecule has 158 valence electrons. The molecule has 6 heteroatoms. The first-order chi connectivity index (χ1) is 14.9. The molecule has 0 heterocycles. The number of hydrogen-bond donors (Lipinski definition) is 3. The van der Waals surface area contributed by atoms with Gasteiger partial charge in [-0.05, 0) is 16.7 Å². The van der Waals surface area contributed by atoms with Gasteiger partial charge in [0.2, 0.25) is 5.91 Å². The Morgan fingerprint density at radius 3 is 1.61 bits per heavy atom. The third kappa shape index (κ3) is 4.19. The molecule has 0 bridgehead atoms. The van der Waals surface area contributed by atoms with Crippen LogP contribution in [0.1, 0.15) is 34.9 Å². The molecule has 3 rings (SSSR count). The maximum Gasteiger partial charge on any atom is 0.315 e. The summed E-state index contributed by atoms with van der Waals surface area (Å²) in [7, 11) is 0. The molecule has 0 saturated heterocycles. The van der Waals surface area contributed by atoms with Gasteiger partial charge in [0.1, 0.15) is 5.41 Å². The second kappa shape index (κ2) is 9.26. The number of amides is 1. The highest BCUT2D eigenvalue weighted by Crippen LogP contribution is 2.51. The minimum Gasteiger partial charge on any atom is -0.481 e. The lowest BCUT2D eigenvalue weighted by Gasteiger charge is -2.42. The molecule has 0 aromatic heterocycles. The Hall–Kier alpha value is -3.93. The zero-order valence-corrected chi connectivity index (χ0v) is 16.7. The van der Waals surface area contributed by atoms with Gasteiger partial charge in [0.15, 0.2) is 0 Å². The number of carboxylic acids is 2. The van der Waals surface area contributed by atoms with Gasteiger partial charge in [-0.15, -0.1) is 0 Å². The number of carbonyl (C=O) groups is 3. The van der Waals surface area contributed by atoms with Crippen LogP contribution in [0.15, 0.2) is 91.0 Å². The Bertz CT molecular complexity index is 1050. The summed E-state index contributed by atoms with van der Waals surface area (Å²) < 4.78 is 0. The molecule has 3 aromatic carbocycles. The van der Waals surface area contributed by atoms with E-state index in [1.54, 1.807) is 91.0 Å². The SMILES string of the molecule is NC(=O)C(c1ccccc1)C(C(=O)O)(c1ccccc1)C(CC(=O)O)c1ccccc1. The standard InChI is InChI=1S/C25H23NO5/c26-23(29)22(18-12-6-2-7-13-18)25(24(30)31,19-14-8-3-9-15-19)20(16-21(27)28)17-10-4-1-5-11-17/h1-15,20,22H,16H2,(H2,26,29)(H,27,28)(H,30,31). The van der Waals surface area contributed by atoms with E-state index in [9.17, 15) is 24.6 Å². The predicted molar refractivity (Wildman–Crippen MR) is 116 cm³/mol. The van der Waals surface area contributed by atoms with Crippen molar-refractivity contribution < 1.29 is 24.6 Å². The minimum absolute atomic E-state index is 0.310. The lowest BCUT2D eigenvalue weighted by Crippen LogP contribution is -2.51. The Morgan fingerprint density at radius 1 is 0.742 bits per heavy atom. The summed E-state index contributed by atoms with van der Waals surface area (Å²) in [5, 5.41) is 20.4. The van der Waals surface area contributed by atoms with Crippen LogP contribution >= 0.6 is 0 Å². The van der Waals surface area contributed by atoms with E-state index in [-0.39, 0.29) is 0 Å². The van der Waals surface area contributed by atoms with E-state index < -0.39 is 41.5 Å². The van der Waals surface area contributed by atoms with Crippen molar-refractivity contribution in [1.82, 2.24) is 0 Å². The van der Waals surface area contributed by atoms with Crippen LogP contribution in [-0.2, 0) is 19.8 Å². The lowest BCUT2D eigenvalue weighted by atomic mass is 9.57. The van der Waals surface area contributed by atoms with Crippen LogP contribution in [0.4, 0.5) is 0 Å². The fourth-order valence-corrected chi connectivity index (χ4v) is 4.38. The molecule has 0 fully saturated rings. The Labute approximate surface area is 180 Å². The van der Waals surface area contributed by atoms with E-state index in [0.29, 0.717) is 16.7 Å². The van der Waals surface area contributed by atoms with Crippen LogP contribution in [0, 0.1) is 0 Å². The summed E-state index contributed by atoms with van der Waals surface area (Å²) >= 11 is 0. The summed E-state index contributed by atoms with van der Waals surface area (Å²) in [6.45, 7) is 0. The number of carbonyl (C=O) groups excluding carboxylic acids is 1. The summed E-state index contributed by atoms with van der Waals surface area (Å²) in [6.07, 6.45) is -0.498. The van der Waals surface area contributed by atoms with Crippen LogP contribution in [-0.4, -0.2) is 28.1 Å². The third-order valence-electron chi connectivity index (χ3n) is 5.61. The molecular weight excluding hydrogens is 394 g/mol. The maximum absolute atomic E-state index is 13.1. The van der Waals surface area contributed by atoms with Crippen LogP contribution in [0.2, 0.25) is 0 Å². The molecule has 0 aliphatic heterocycles. The minimum atomic E-state index is -1.95. The summed E-state index contributed by atoms with van der Waals surface area (Å²) in [4.78, 5) is 37.9. The molecule has 0 aliphatic rings. The molecule has 6 nitrogen and oxygen atoms in total. The molecule has 3 unspecified atom stereocenters. The van der Waals surface area contributed by atoms with Crippen LogP contribution in [0.5, 0.6) is 0 Å². The van der Waals surface area contributed by atoms with Crippen molar-refractivity contribution in [1.29, 1.82) is 0 Å². The number of nitrogens with two attached hydrogens (primary N) is 1. The second-order valence-corrected chi connectivity index (χ2v) is 7.35. The second-order valence-electron chi connectivity index (χ2n) is 7.35. The molecule has 3 aromatic rings. The predicted octanol–water partition coefficient (Wildman–Crippen LogP) is 3.54. The zero-order chi connectivity index (χ0) is 22.4. The first kappa shape index (κ1) is 21.8. The molecule has 0 aliphatic carbocycles. The quantitative estimate of drug-likeness (QED) is 0.492. The largest absolute Gasteiger partial charge is 0.481 e. The van der Waals surface area contributed by atoms with E-state index in [4.69, 9.17) is 5.73 Å². The topological polar surface area (TPSA) is 118 Å².